The Labute approximate surface area is 107 Å². The minimum absolute atomic E-state index is 0.105. The second-order valence-electron chi connectivity index (χ2n) is 5.65. The van der Waals surface area contributed by atoms with Crippen LogP contribution >= 0.6 is 0 Å². The topological polar surface area (TPSA) is 41.6 Å². The van der Waals surface area contributed by atoms with Crippen LogP contribution in [0.25, 0.3) is 0 Å². The third kappa shape index (κ3) is 1.86. The lowest BCUT2D eigenvalue weighted by molar-refractivity contribution is -0.244. The maximum Gasteiger partial charge on any atom is 0.341 e. The molecule has 18 heavy (non-hydrogen) atoms. The summed E-state index contributed by atoms with van der Waals surface area (Å²) in [5, 5.41) is 4.39. The fourth-order valence-corrected chi connectivity index (χ4v) is 2.93. The van der Waals surface area contributed by atoms with Gasteiger partial charge >= 0.3 is 6.03 Å². The third-order valence-corrected chi connectivity index (χ3v) is 3.71. The van der Waals surface area contributed by atoms with Crippen LogP contribution in [0.1, 0.15) is 31.7 Å². The Bertz CT molecular complexity index is 458. The van der Waals surface area contributed by atoms with Gasteiger partial charge in [-0.3, -0.25) is 4.84 Å². The summed E-state index contributed by atoms with van der Waals surface area (Å²) >= 11 is 0. The van der Waals surface area contributed by atoms with E-state index >= 15 is 0 Å². The predicted octanol–water partition coefficient (Wildman–Crippen LogP) is 2.28. The fourth-order valence-electron chi connectivity index (χ4n) is 2.93. The molecule has 96 valence electrons. The summed E-state index contributed by atoms with van der Waals surface area (Å²) in [7, 11) is 0. The first kappa shape index (κ1) is 11.5. The molecule has 1 aromatic rings. The van der Waals surface area contributed by atoms with E-state index in [9.17, 15) is 4.79 Å². The van der Waals surface area contributed by atoms with Crippen LogP contribution in [0.5, 0.6) is 0 Å². The SMILES string of the molecule is CC1(C)CC(c2ccccc2)C2CNC(=O)N2O1. The fraction of sp³-hybridized carbons (Fsp3) is 0.500. The van der Waals surface area contributed by atoms with Crippen LogP contribution in [0.15, 0.2) is 30.3 Å². The maximum atomic E-state index is 11.8. The van der Waals surface area contributed by atoms with Gasteiger partial charge in [-0.2, -0.15) is 5.06 Å². The van der Waals surface area contributed by atoms with Crippen LogP contribution in [0.3, 0.4) is 0 Å². The molecular weight excluding hydrogens is 228 g/mol. The smallest absolute Gasteiger partial charge is 0.334 e. The van der Waals surface area contributed by atoms with Gasteiger partial charge in [0.25, 0.3) is 0 Å². The molecule has 1 N–H and O–H groups in total. The Kier molecular flexibility index (Phi) is 2.55. The lowest BCUT2D eigenvalue weighted by Crippen LogP contribution is -2.50. The van der Waals surface area contributed by atoms with Gasteiger partial charge in [-0.15, -0.1) is 0 Å². The van der Waals surface area contributed by atoms with Gasteiger partial charge in [0.2, 0.25) is 0 Å². The third-order valence-electron chi connectivity index (χ3n) is 3.71. The average Bonchev–Trinajstić information content (AvgIpc) is 2.70. The Balaban J connectivity index is 1.95. The van der Waals surface area contributed by atoms with E-state index in [0.29, 0.717) is 12.5 Å². The number of fused-ring (bicyclic) bond motifs is 1. The zero-order valence-electron chi connectivity index (χ0n) is 10.7. The van der Waals surface area contributed by atoms with Crippen molar-refractivity contribution in [3.05, 3.63) is 35.9 Å². The molecule has 0 spiro atoms. The van der Waals surface area contributed by atoms with Crippen molar-refractivity contribution in [1.82, 2.24) is 10.4 Å². The molecule has 0 aromatic heterocycles. The number of carbonyl (C=O) groups excluding carboxylic acids is 1. The summed E-state index contributed by atoms with van der Waals surface area (Å²) in [5.41, 5.74) is 0.971. The van der Waals surface area contributed by atoms with E-state index in [4.69, 9.17) is 4.84 Å². The van der Waals surface area contributed by atoms with Crippen LogP contribution in [0.4, 0.5) is 4.79 Å². The molecule has 2 amide bonds. The Hall–Kier alpha value is -1.55. The Morgan fingerprint density at radius 2 is 2.06 bits per heavy atom. The number of nitrogens with one attached hydrogen (secondary N) is 1. The van der Waals surface area contributed by atoms with Gasteiger partial charge in [0.05, 0.1) is 11.6 Å². The molecule has 2 heterocycles. The highest BCUT2D eigenvalue weighted by molar-refractivity contribution is 5.76. The first-order valence-corrected chi connectivity index (χ1v) is 6.38. The van der Waals surface area contributed by atoms with Gasteiger partial charge in [-0.25, -0.2) is 4.79 Å². The highest BCUT2D eigenvalue weighted by Crippen LogP contribution is 2.40. The zero-order valence-corrected chi connectivity index (χ0v) is 10.7. The molecule has 1 aromatic carbocycles. The lowest BCUT2D eigenvalue weighted by atomic mass is 9.81. The van der Waals surface area contributed by atoms with E-state index < -0.39 is 0 Å². The number of benzene rings is 1. The normalized spacial score (nSPS) is 29.9. The zero-order chi connectivity index (χ0) is 12.8. The van der Waals surface area contributed by atoms with Crippen molar-refractivity contribution in [1.29, 1.82) is 0 Å². The number of hydrogen-bond acceptors (Lipinski definition) is 2. The Morgan fingerprint density at radius 1 is 1.33 bits per heavy atom. The average molecular weight is 246 g/mol. The largest absolute Gasteiger partial charge is 0.341 e. The summed E-state index contributed by atoms with van der Waals surface area (Å²) in [5.74, 6) is 0.328. The molecule has 0 radical (unpaired) electrons. The molecule has 0 aliphatic carbocycles. The van der Waals surface area contributed by atoms with E-state index in [2.05, 4.69) is 17.4 Å². The minimum Gasteiger partial charge on any atom is -0.334 e. The van der Waals surface area contributed by atoms with E-state index in [1.165, 1.54) is 10.6 Å². The molecule has 2 aliphatic rings. The van der Waals surface area contributed by atoms with Gasteiger partial charge in [0.15, 0.2) is 0 Å². The number of nitrogens with zero attached hydrogens (tertiary/aromatic N) is 1. The standard InChI is InChI=1S/C14H18N2O2/c1-14(2)8-11(10-6-4-3-5-7-10)12-9-15-13(17)16(12)18-14/h3-7,11-12H,8-9H2,1-2H3,(H,15,17). The van der Waals surface area contributed by atoms with Crippen molar-refractivity contribution in [3.63, 3.8) is 0 Å². The van der Waals surface area contributed by atoms with Crippen LogP contribution in [0, 0.1) is 0 Å². The van der Waals surface area contributed by atoms with Gasteiger partial charge in [-0.05, 0) is 25.8 Å². The van der Waals surface area contributed by atoms with Gasteiger partial charge in [0.1, 0.15) is 0 Å². The van der Waals surface area contributed by atoms with Crippen LogP contribution in [0.2, 0.25) is 0 Å². The van der Waals surface area contributed by atoms with Gasteiger partial charge in [0, 0.05) is 12.5 Å². The summed E-state index contributed by atoms with van der Waals surface area (Å²) in [6, 6.07) is 10.4. The molecule has 2 aliphatic heterocycles. The molecule has 3 rings (SSSR count). The van der Waals surface area contributed by atoms with Crippen molar-refractivity contribution in [2.24, 2.45) is 0 Å². The van der Waals surface area contributed by atoms with Crippen LogP contribution in [-0.2, 0) is 4.84 Å². The molecule has 2 fully saturated rings. The van der Waals surface area contributed by atoms with Crippen molar-refractivity contribution in [2.45, 2.75) is 37.8 Å². The summed E-state index contributed by atoms with van der Waals surface area (Å²) in [6.07, 6.45) is 0.924. The Morgan fingerprint density at radius 3 is 2.78 bits per heavy atom. The number of urea groups is 1. The van der Waals surface area contributed by atoms with Crippen molar-refractivity contribution < 1.29 is 9.63 Å². The van der Waals surface area contributed by atoms with Crippen molar-refractivity contribution in [3.8, 4) is 0 Å². The van der Waals surface area contributed by atoms with E-state index in [0.717, 1.165) is 6.42 Å². The molecule has 2 saturated heterocycles. The maximum absolute atomic E-state index is 11.8. The molecular formula is C14H18N2O2. The van der Waals surface area contributed by atoms with Crippen LogP contribution < -0.4 is 5.32 Å². The quantitative estimate of drug-likeness (QED) is 0.826. The number of carbonyl (C=O) groups is 1. The molecule has 0 saturated carbocycles. The van der Waals surface area contributed by atoms with Gasteiger partial charge < -0.3 is 5.32 Å². The van der Waals surface area contributed by atoms with Crippen LogP contribution in [-0.4, -0.2) is 29.3 Å². The van der Waals surface area contributed by atoms with E-state index in [1.807, 2.05) is 32.0 Å². The monoisotopic (exact) mass is 246 g/mol. The number of hydroxylamine groups is 2. The van der Waals surface area contributed by atoms with E-state index in [-0.39, 0.29) is 17.7 Å². The highest BCUT2D eigenvalue weighted by Gasteiger charge is 2.47. The van der Waals surface area contributed by atoms with Crippen molar-refractivity contribution in [2.75, 3.05) is 6.54 Å². The molecule has 0 bridgehead atoms. The summed E-state index contributed by atoms with van der Waals surface area (Å²) in [4.78, 5) is 17.5. The number of amides is 2. The predicted molar refractivity (Wildman–Crippen MR) is 68.0 cm³/mol. The lowest BCUT2D eigenvalue weighted by Gasteiger charge is -2.43. The molecule has 2 unspecified atom stereocenters. The second-order valence-corrected chi connectivity index (χ2v) is 5.65. The summed E-state index contributed by atoms with van der Waals surface area (Å²) in [6.45, 7) is 4.73. The molecule has 4 nitrogen and oxygen atoms in total. The molecule has 4 heteroatoms. The van der Waals surface area contributed by atoms with E-state index in [1.54, 1.807) is 0 Å². The minimum atomic E-state index is -0.307. The van der Waals surface area contributed by atoms with Crippen molar-refractivity contribution >= 4 is 6.03 Å². The second kappa shape index (κ2) is 3.99. The highest BCUT2D eigenvalue weighted by atomic mass is 16.7. The van der Waals surface area contributed by atoms with Gasteiger partial charge in [-0.1, -0.05) is 30.3 Å². The first-order valence-electron chi connectivity index (χ1n) is 6.38. The number of rotatable bonds is 1. The molecule has 2 atom stereocenters. The first-order chi connectivity index (χ1) is 8.57. The summed E-state index contributed by atoms with van der Waals surface area (Å²) < 4.78 is 0. The number of hydrogen-bond donors (Lipinski definition) is 1.